The summed E-state index contributed by atoms with van der Waals surface area (Å²) >= 11 is 0. The molecule has 6 nitrogen and oxygen atoms in total. The normalized spacial score (nSPS) is 22.4. The number of carbonyl (C=O) groups excluding carboxylic acids is 2. The lowest BCUT2D eigenvalue weighted by atomic mass is 9.86. The van der Waals surface area contributed by atoms with Crippen LogP contribution in [0.1, 0.15) is 34.3 Å². The van der Waals surface area contributed by atoms with Gasteiger partial charge in [0, 0.05) is 6.54 Å². The minimum atomic E-state index is -0.394. The number of ether oxygens (including phenoxy) is 2. The molecule has 6 heteroatoms. The fourth-order valence-corrected chi connectivity index (χ4v) is 4.45. The lowest BCUT2D eigenvalue weighted by Crippen LogP contribution is -2.53. The van der Waals surface area contributed by atoms with Crippen molar-refractivity contribution in [3.05, 3.63) is 65.2 Å². The van der Waals surface area contributed by atoms with Crippen LogP contribution in [-0.2, 0) is 16.0 Å². The van der Waals surface area contributed by atoms with Gasteiger partial charge in [-0.05, 0) is 68.1 Å². The number of rotatable bonds is 5. The first-order chi connectivity index (χ1) is 14.5. The number of para-hydroxylation sites is 1. The zero-order valence-electron chi connectivity index (χ0n) is 17.5. The van der Waals surface area contributed by atoms with Gasteiger partial charge >= 0.3 is 12.1 Å². The Hall–Kier alpha value is -2.86. The Labute approximate surface area is 177 Å². The number of hydrogen-bond acceptors (Lipinski definition) is 5. The number of hydrogen-bond donors (Lipinski definition) is 0. The van der Waals surface area contributed by atoms with Crippen molar-refractivity contribution in [1.29, 1.82) is 0 Å². The SMILES string of the molecule is COC(=O)c1cccc(CN(C(=O)O[C@H]2CN3CCC2CC3)c2ccccc2C)c1. The van der Waals surface area contributed by atoms with Gasteiger partial charge in [0.1, 0.15) is 6.10 Å². The fourth-order valence-electron chi connectivity index (χ4n) is 4.45. The number of amides is 1. The van der Waals surface area contributed by atoms with Gasteiger partial charge in [-0.1, -0.05) is 30.3 Å². The lowest BCUT2D eigenvalue weighted by molar-refractivity contribution is -0.0311. The van der Waals surface area contributed by atoms with Crippen LogP contribution in [0.2, 0.25) is 0 Å². The molecule has 1 amide bonds. The molecule has 5 rings (SSSR count). The van der Waals surface area contributed by atoms with E-state index in [9.17, 15) is 9.59 Å². The van der Waals surface area contributed by atoms with Gasteiger partial charge in [0.2, 0.25) is 0 Å². The maximum absolute atomic E-state index is 13.3. The molecule has 2 aromatic rings. The number of nitrogens with zero attached hydrogens (tertiary/aromatic N) is 2. The average molecular weight is 408 g/mol. The molecule has 0 N–H and O–H groups in total. The number of aryl methyl sites for hydroxylation is 1. The van der Waals surface area contributed by atoms with Crippen LogP contribution in [0.5, 0.6) is 0 Å². The van der Waals surface area contributed by atoms with Crippen molar-refractivity contribution >= 4 is 17.7 Å². The van der Waals surface area contributed by atoms with Crippen LogP contribution >= 0.6 is 0 Å². The molecule has 158 valence electrons. The minimum absolute atomic E-state index is 0.0621. The second-order valence-corrected chi connectivity index (χ2v) is 8.12. The van der Waals surface area contributed by atoms with Crippen LogP contribution in [0, 0.1) is 12.8 Å². The molecule has 0 aliphatic carbocycles. The minimum Gasteiger partial charge on any atom is -0.465 e. The average Bonchev–Trinajstić information content (AvgIpc) is 2.78. The Bertz CT molecular complexity index is 921. The zero-order valence-corrected chi connectivity index (χ0v) is 17.5. The molecular formula is C24H28N2O4. The molecule has 3 saturated heterocycles. The van der Waals surface area contributed by atoms with Crippen LogP contribution in [0.3, 0.4) is 0 Å². The van der Waals surface area contributed by atoms with E-state index in [1.54, 1.807) is 23.1 Å². The Kier molecular flexibility index (Phi) is 6.04. The van der Waals surface area contributed by atoms with Gasteiger partial charge in [-0.25, -0.2) is 9.59 Å². The van der Waals surface area contributed by atoms with E-state index in [0.717, 1.165) is 49.3 Å². The Morgan fingerprint density at radius 1 is 1.10 bits per heavy atom. The summed E-state index contributed by atoms with van der Waals surface area (Å²) in [6, 6.07) is 15.0. The van der Waals surface area contributed by atoms with Gasteiger partial charge in [-0.15, -0.1) is 0 Å². The van der Waals surface area contributed by atoms with E-state index in [0.29, 0.717) is 18.0 Å². The van der Waals surface area contributed by atoms with Crippen molar-refractivity contribution in [2.75, 3.05) is 31.6 Å². The van der Waals surface area contributed by atoms with Crippen molar-refractivity contribution in [3.63, 3.8) is 0 Å². The van der Waals surface area contributed by atoms with Gasteiger partial charge in [0.05, 0.1) is 24.9 Å². The predicted octanol–water partition coefficient (Wildman–Crippen LogP) is 4.02. The third-order valence-electron chi connectivity index (χ3n) is 6.16. The number of carbonyl (C=O) groups is 2. The molecule has 0 unspecified atom stereocenters. The predicted molar refractivity (Wildman–Crippen MR) is 115 cm³/mol. The van der Waals surface area contributed by atoms with Gasteiger partial charge < -0.3 is 9.47 Å². The topological polar surface area (TPSA) is 59.1 Å². The molecule has 0 radical (unpaired) electrons. The highest BCUT2D eigenvalue weighted by molar-refractivity contribution is 5.90. The Balaban J connectivity index is 1.58. The molecule has 0 aromatic heterocycles. The molecule has 0 spiro atoms. The van der Waals surface area contributed by atoms with Crippen LogP contribution in [0.25, 0.3) is 0 Å². The molecule has 3 heterocycles. The van der Waals surface area contributed by atoms with E-state index in [1.807, 2.05) is 37.3 Å². The van der Waals surface area contributed by atoms with Crippen molar-refractivity contribution < 1.29 is 19.1 Å². The number of methoxy groups -OCH3 is 1. The molecule has 3 aliphatic rings. The smallest absolute Gasteiger partial charge is 0.414 e. The molecule has 0 saturated carbocycles. The van der Waals surface area contributed by atoms with E-state index in [-0.39, 0.29) is 12.2 Å². The van der Waals surface area contributed by atoms with Crippen molar-refractivity contribution in [3.8, 4) is 0 Å². The van der Waals surface area contributed by atoms with Gasteiger partial charge in [-0.2, -0.15) is 0 Å². The number of anilines is 1. The summed E-state index contributed by atoms with van der Waals surface area (Å²) in [5.41, 5.74) is 3.11. The third kappa shape index (κ3) is 4.33. The largest absolute Gasteiger partial charge is 0.465 e. The maximum Gasteiger partial charge on any atom is 0.414 e. The molecule has 3 aliphatic heterocycles. The number of piperidine rings is 3. The number of benzene rings is 2. The first-order valence-corrected chi connectivity index (χ1v) is 10.5. The first-order valence-electron chi connectivity index (χ1n) is 10.5. The fraction of sp³-hybridized carbons (Fsp3) is 0.417. The standard InChI is InChI=1S/C24H28N2O4/c1-17-6-3-4-9-21(17)26(15-18-7-5-8-20(14-18)23(27)29-2)24(28)30-22-16-25-12-10-19(22)11-13-25/h3-9,14,19,22H,10-13,15-16H2,1-2H3/t22-/m0/s1. The number of fused-ring (bicyclic) bond motifs is 3. The summed E-state index contributed by atoms with van der Waals surface area (Å²) in [6.07, 6.45) is 1.77. The van der Waals surface area contributed by atoms with E-state index in [4.69, 9.17) is 9.47 Å². The van der Waals surface area contributed by atoms with Crippen molar-refractivity contribution in [1.82, 2.24) is 4.90 Å². The highest BCUT2D eigenvalue weighted by Crippen LogP contribution is 2.31. The van der Waals surface area contributed by atoms with Crippen LogP contribution in [0.4, 0.5) is 10.5 Å². The molecular weight excluding hydrogens is 380 g/mol. The highest BCUT2D eigenvalue weighted by atomic mass is 16.6. The molecule has 1 atom stereocenters. The third-order valence-corrected chi connectivity index (χ3v) is 6.16. The summed E-state index contributed by atoms with van der Waals surface area (Å²) in [5.74, 6) is 0.0504. The summed E-state index contributed by atoms with van der Waals surface area (Å²) < 4.78 is 10.8. The summed E-state index contributed by atoms with van der Waals surface area (Å²) in [5, 5.41) is 0. The van der Waals surface area contributed by atoms with Crippen LogP contribution < -0.4 is 4.90 Å². The summed E-state index contributed by atoms with van der Waals surface area (Å²) in [6.45, 7) is 5.31. The zero-order chi connectivity index (χ0) is 21.1. The second kappa shape index (κ2) is 8.88. The Morgan fingerprint density at radius 3 is 2.53 bits per heavy atom. The van der Waals surface area contributed by atoms with E-state index in [2.05, 4.69) is 4.90 Å². The van der Waals surface area contributed by atoms with E-state index < -0.39 is 5.97 Å². The number of esters is 1. The maximum atomic E-state index is 13.3. The van der Waals surface area contributed by atoms with Crippen LogP contribution in [0.15, 0.2) is 48.5 Å². The van der Waals surface area contributed by atoms with Crippen molar-refractivity contribution in [2.24, 2.45) is 5.92 Å². The van der Waals surface area contributed by atoms with Crippen LogP contribution in [-0.4, -0.2) is 49.8 Å². The van der Waals surface area contributed by atoms with Crippen molar-refractivity contribution in [2.45, 2.75) is 32.4 Å². The molecule has 2 aromatic carbocycles. The van der Waals surface area contributed by atoms with Gasteiger partial charge in [0.25, 0.3) is 0 Å². The monoisotopic (exact) mass is 408 g/mol. The van der Waals surface area contributed by atoms with Gasteiger partial charge in [-0.3, -0.25) is 9.80 Å². The molecule has 3 fully saturated rings. The second-order valence-electron chi connectivity index (χ2n) is 8.12. The van der Waals surface area contributed by atoms with E-state index >= 15 is 0 Å². The summed E-state index contributed by atoms with van der Waals surface area (Å²) in [4.78, 5) is 29.3. The molecule has 30 heavy (non-hydrogen) atoms. The quantitative estimate of drug-likeness (QED) is 0.700. The first kappa shape index (κ1) is 20.4. The van der Waals surface area contributed by atoms with E-state index in [1.165, 1.54) is 7.11 Å². The summed E-state index contributed by atoms with van der Waals surface area (Å²) in [7, 11) is 1.36. The molecule has 2 bridgehead atoms. The highest BCUT2D eigenvalue weighted by Gasteiger charge is 2.37. The lowest BCUT2D eigenvalue weighted by Gasteiger charge is -2.44. The Morgan fingerprint density at radius 2 is 1.87 bits per heavy atom. The van der Waals surface area contributed by atoms with Gasteiger partial charge in [0.15, 0.2) is 0 Å².